The van der Waals surface area contributed by atoms with Crippen LogP contribution in [0.2, 0.25) is 0 Å². The summed E-state index contributed by atoms with van der Waals surface area (Å²) in [5, 5.41) is 2.58. The first kappa shape index (κ1) is 30.8. The lowest BCUT2D eigenvalue weighted by molar-refractivity contribution is -0.190. The van der Waals surface area contributed by atoms with E-state index in [1.54, 1.807) is 6.20 Å². The van der Waals surface area contributed by atoms with E-state index in [9.17, 15) is 14.4 Å². The molecule has 1 aliphatic rings. The molecular weight excluding hydrogens is 470 g/mol. The summed E-state index contributed by atoms with van der Waals surface area (Å²) in [6.07, 6.45) is 20.9. The molecule has 2 rings (SSSR count). The number of amides is 1. The molecule has 8 nitrogen and oxygen atoms in total. The lowest BCUT2D eigenvalue weighted by atomic mass is 9.86. The molecule has 8 heteroatoms. The lowest BCUT2D eigenvalue weighted by Gasteiger charge is -2.37. The topological polar surface area (TPSA) is 110 Å². The van der Waals surface area contributed by atoms with Crippen LogP contribution in [0.25, 0.3) is 0 Å². The van der Waals surface area contributed by atoms with Gasteiger partial charge in [-0.15, -0.1) is 0 Å². The van der Waals surface area contributed by atoms with Crippen LogP contribution in [0, 0.1) is 5.92 Å². The van der Waals surface area contributed by atoms with E-state index in [0.717, 1.165) is 50.6 Å². The second-order valence-corrected chi connectivity index (χ2v) is 10.5. The number of aromatic amines is 1. The number of esters is 2. The molecule has 37 heavy (non-hydrogen) atoms. The Bertz CT molecular complexity index is 755. The van der Waals surface area contributed by atoms with Crippen molar-refractivity contribution >= 4 is 18.3 Å². The van der Waals surface area contributed by atoms with Crippen LogP contribution in [0.5, 0.6) is 0 Å². The zero-order chi connectivity index (χ0) is 26.7. The van der Waals surface area contributed by atoms with Crippen molar-refractivity contribution in [3.8, 4) is 0 Å². The maximum absolute atomic E-state index is 13.0. The third-order valence-corrected chi connectivity index (χ3v) is 7.33. The Morgan fingerprint density at radius 1 is 1.05 bits per heavy atom. The van der Waals surface area contributed by atoms with E-state index in [4.69, 9.17) is 9.47 Å². The first-order chi connectivity index (χ1) is 18.1. The molecule has 0 aromatic carbocycles. The van der Waals surface area contributed by atoms with Gasteiger partial charge in [0.1, 0.15) is 18.2 Å². The van der Waals surface area contributed by atoms with Gasteiger partial charge in [0.25, 0.3) is 0 Å². The maximum Gasteiger partial charge on any atom is 0.329 e. The van der Waals surface area contributed by atoms with Crippen LogP contribution in [0.15, 0.2) is 12.5 Å². The van der Waals surface area contributed by atoms with Crippen molar-refractivity contribution in [2.45, 2.75) is 141 Å². The van der Waals surface area contributed by atoms with Crippen LogP contribution in [-0.4, -0.2) is 46.6 Å². The minimum atomic E-state index is -0.794. The Morgan fingerprint density at radius 3 is 2.30 bits per heavy atom. The van der Waals surface area contributed by atoms with Gasteiger partial charge < -0.3 is 19.8 Å². The molecule has 2 N–H and O–H groups in total. The van der Waals surface area contributed by atoms with Crippen molar-refractivity contribution in [2.75, 3.05) is 0 Å². The zero-order valence-electron chi connectivity index (χ0n) is 23.1. The van der Waals surface area contributed by atoms with Crippen molar-refractivity contribution in [3.05, 3.63) is 18.2 Å². The molecule has 0 spiro atoms. The highest BCUT2D eigenvalue weighted by atomic mass is 16.6. The first-order valence-corrected chi connectivity index (χ1v) is 14.7. The largest absolute Gasteiger partial charge is 0.461 e. The van der Waals surface area contributed by atoms with Crippen LogP contribution in [0.3, 0.4) is 0 Å². The predicted molar refractivity (Wildman–Crippen MR) is 144 cm³/mol. The highest BCUT2D eigenvalue weighted by molar-refractivity contribution is 5.79. The fourth-order valence-corrected chi connectivity index (χ4v) is 5.03. The third kappa shape index (κ3) is 12.1. The number of cyclic esters (lactones) is 1. The van der Waals surface area contributed by atoms with Crippen molar-refractivity contribution < 1.29 is 23.9 Å². The van der Waals surface area contributed by atoms with Gasteiger partial charge in [-0.05, 0) is 19.3 Å². The predicted octanol–water partition coefficient (Wildman–Crippen LogP) is 5.80. The molecule has 1 aromatic rings. The second-order valence-electron chi connectivity index (χ2n) is 10.5. The molecule has 0 radical (unpaired) electrons. The summed E-state index contributed by atoms with van der Waals surface area (Å²) in [4.78, 5) is 43.2. The smallest absolute Gasteiger partial charge is 0.329 e. The van der Waals surface area contributed by atoms with E-state index < -0.39 is 12.0 Å². The Hall–Kier alpha value is -2.38. The van der Waals surface area contributed by atoms with Gasteiger partial charge in [0.05, 0.1) is 12.2 Å². The molecule has 1 fully saturated rings. The van der Waals surface area contributed by atoms with Gasteiger partial charge in [-0.2, -0.15) is 0 Å². The van der Waals surface area contributed by atoms with Crippen LogP contribution in [0.1, 0.15) is 122 Å². The number of imidazole rings is 1. The number of ether oxygens (including phenoxy) is 2. The number of rotatable bonds is 23. The number of carbonyl (C=O) groups excluding carboxylic acids is 3. The average Bonchev–Trinajstić information content (AvgIpc) is 3.40. The number of H-pyrrole nitrogens is 1. The van der Waals surface area contributed by atoms with Crippen molar-refractivity contribution in [1.29, 1.82) is 0 Å². The number of hydrogen-bond donors (Lipinski definition) is 2. The highest BCUT2D eigenvalue weighted by Crippen LogP contribution is 2.32. The zero-order valence-corrected chi connectivity index (χ0v) is 23.1. The minimum absolute atomic E-state index is 0.102. The maximum atomic E-state index is 13.0. The van der Waals surface area contributed by atoms with E-state index in [1.165, 1.54) is 57.7 Å². The summed E-state index contributed by atoms with van der Waals surface area (Å²) < 4.78 is 11.4. The molecule has 210 valence electrons. The number of hydrogen-bond acceptors (Lipinski definition) is 6. The van der Waals surface area contributed by atoms with Gasteiger partial charge in [0.15, 0.2) is 0 Å². The molecule has 4 atom stereocenters. The van der Waals surface area contributed by atoms with E-state index in [2.05, 4.69) is 29.1 Å². The molecule has 0 aliphatic carbocycles. The molecule has 1 amide bonds. The SMILES string of the molecule is CCCCCCCCCCC[C@@H](C[C@@H]1OC(=O)[C@H]1CCCCCC)OC(=O)[C@H](Cc1cnc[nH]1)NC=O. The standard InChI is InChI=1S/C29H49N3O5/c1-3-5-7-9-10-11-12-13-14-16-24(19-27-25(28(34)37-27)17-15-8-6-4-2)36-29(35)26(32-22-33)18-23-20-30-21-31-23/h20-22,24-27H,3-19H2,1-2H3,(H,30,31)(H,32,33)/t24-,25-,26-,27-/m0/s1. The summed E-state index contributed by atoms with van der Waals surface area (Å²) >= 11 is 0. The number of aromatic nitrogens is 2. The van der Waals surface area contributed by atoms with Gasteiger partial charge >= 0.3 is 11.9 Å². The average molecular weight is 520 g/mol. The molecule has 0 saturated carbocycles. The summed E-state index contributed by atoms with van der Waals surface area (Å²) in [5.41, 5.74) is 0.742. The van der Waals surface area contributed by atoms with Gasteiger partial charge in [0.2, 0.25) is 6.41 Å². The Labute approximate surface area is 223 Å². The monoisotopic (exact) mass is 519 g/mol. The van der Waals surface area contributed by atoms with E-state index in [0.29, 0.717) is 12.8 Å². The molecule has 1 aromatic heterocycles. The van der Waals surface area contributed by atoms with Gasteiger partial charge in [-0.1, -0.05) is 90.9 Å². The Morgan fingerprint density at radius 2 is 1.70 bits per heavy atom. The summed E-state index contributed by atoms with van der Waals surface area (Å²) in [7, 11) is 0. The van der Waals surface area contributed by atoms with Crippen molar-refractivity contribution in [3.63, 3.8) is 0 Å². The quantitative estimate of drug-likeness (QED) is 0.107. The highest BCUT2D eigenvalue weighted by Gasteiger charge is 2.43. The Balaban J connectivity index is 1.88. The minimum Gasteiger partial charge on any atom is -0.461 e. The molecule has 1 saturated heterocycles. The molecule has 0 unspecified atom stereocenters. The van der Waals surface area contributed by atoms with Crippen LogP contribution in [0.4, 0.5) is 0 Å². The van der Waals surface area contributed by atoms with Crippen LogP contribution >= 0.6 is 0 Å². The summed E-state index contributed by atoms with van der Waals surface area (Å²) in [5.74, 6) is -0.697. The second kappa shape index (κ2) is 18.8. The summed E-state index contributed by atoms with van der Waals surface area (Å²) in [6, 6.07) is -0.794. The number of nitrogens with zero attached hydrogens (tertiary/aromatic N) is 1. The van der Waals surface area contributed by atoms with Crippen molar-refractivity contribution in [1.82, 2.24) is 15.3 Å². The fourth-order valence-electron chi connectivity index (χ4n) is 5.03. The third-order valence-electron chi connectivity index (χ3n) is 7.33. The van der Waals surface area contributed by atoms with Crippen LogP contribution in [-0.2, 0) is 30.3 Å². The van der Waals surface area contributed by atoms with Gasteiger partial charge in [-0.25, -0.2) is 9.78 Å². The lowest BCUT2D eigenvalue weighted by Crippen LogP contribution is -2.48. The molecule has 0 bridgehead atoms. The molecular formula is C29H49N3O5. The fraction of sp³-hybridized carbons (Fsp3) is 0.793. The van der Waals surface area contributed by atoms with E-state index in [1.807, 2.05) is 0 Å². The normalized spacial score (nSPS) is 18.5. The molecule has 2 heterocycles. The first-order valence-electron chi connectivity index (χ1n) is 14.7. The molecule has 1 aliphatic heterocycles. The van der Waals surface area contributed by atoms with Crippen molar-refractivity contribution in [2.24, 2.45) is 5.92 Å². The van der Waals surface area contributed by atoms with Crippen LogP contribution < -0.4 is 5.32 Å². The van der Waals surface area contributed by atoms with E-state index >= 15 is 0 Å². The Kier molecular flexibility index (Phi) is 15.7. The van der Waals surface area contributed by atoms with E-state index in [-0.39, 0.29) is 30.5 Å². The number of carbonyl (C=O) groups is 3. The van der Waals surface area contributed by atoms with Gasteiger partial charge in [0, 0.05) is 24.7 Å². The number of unbranched alkanes of at least 4 members (excludes halogenated alkanes) is 11. The van der Waals surface area contributed by atoms with Gasteiger partial charge in [-0.3, -0.25) is 9.59 Å². The number of nitrogens with one attached hydrogen (secondary N) is 2. The summed E-state index contributed by atoms with van der Waals surface area (Å²) in [6.45, 7) is 4.40.